The van der Waals surface area contributed by atoms with Gasteiger partial charge in [-0.15, -0.1) is 0 Å². The van der Waals surface area contributed by atoms with Gasteiger partial charge in [0.25, 0.3) is 0 Å². The number of carbonyl (C=O) groups excluding carboxylic acids is 1. The molecule has 0 saturated heterocycles. The van der Waals surface area contributed by atoms with Crippen LogP contribution in [0.15, 0.2) is 97.6 Å². The minimum atomic E-state index is -4.48. The second-order valence-electron chi connectivity index (χ2n) is 8.87. The minimum absolute atomic E-state index is 0.182. The van der Waals surface area contributed by atoms with E-state index in [4.69, 9.17) is 4.74 Å². The zero-order valence-electron chi connectivity index (χ0n) is 21.9. The Morgan fingerprint density at radius 2 is 1.73 bits per heavy atom. The van der Waals surface area contributed by atoms with Gasteiger partial charge in [0.1, 0.15) is 0 Å². The number of nitrogens with one attached hydrogen (secondary N) is 2. The number of aromatic nitrogens is 2. The maximum atomic E-state index is 13.4. The molecule has 2 aromatic carbocycles. The van der Waals surface area contributed by atoms with Crippen LogP contribution in [0.5, 0.6) is 0 Å². The number of benzene rings is 2. The fourth-order valence-electron chi connectivity index (χ4n) is 3.89. The van der Waals surface area contributed by atoms with E-state index in [0.29, 0.717) is 25.8 Å². The average Bonchev–Trinajstić information content (AvgIpc) is 2.93. The van der Waals surface area contributed by atoms with Gasteiger partial charge in [0.05, 0.1) is 0 Å². The quantitative estimate of drug-likeness (QED) is 0.297. The molecule has 205 valence electrons. The molecule has 0 spiro atoms. The van der Waals surface area contributed by atoms with E-state index in [-0.39, 0.29) is 12.3 Å². The first-order chi connectivity index (χ1) is 19.2. The van der Waals surface area contributed by atoms with Crippen LogP contribution in [0.2, 0.25) is 0 Å². The van der Waals surface area contributed by atoms with Gasteiger partial charge in [0, 0.05) is 0 Å². The van der Waals surface area contributed by atoms with Gasteiger partial charge < -0.3 is 0 Å². The summed E-state index contributed by atoms with van der Waals surface area (Å²) in [6.45, 7) is 7.26. The Labute approximate surface area is 236 Å². The van der Waals surface area contributed by atoms with Crippen LogP contribution in [-0.4, -0.2) is 37.0 Å². The van der Waals surface area contributed by atoms with E-state index in [1.807, 2.05) is 54.6 Å². The van der Waals surface area contributed by atoms with Gasteiger partial charge in [-0.05, 0) is 0 Å². The predicted molar refractivity (Wildman–Crippen MR) is 148 cm³/mol. The van der Waals surface area contributed by atoms with Crippen molar-refractivity contribution in [1.82, 2.24) is 15.3 Å². The molecule has 6 nitrogen and oxygen atoms in total. The molecule has 10 heteroatoms. The van der Waals surface area contributed by atoms with E-state index in [1.165, 1.54) is 25.6 Å². The molecule has 0 bridgehead atoms. The number of nitrogens with zero attached hydrogens (tertiary/aromatic N) is 2. The number of anilines is 1. The van der Waals surface area contributed by atoms with Gasteiger partial charge >= 0.3 is 237 Å². The molecule has 4 rings (SSSR count). The first-order valence-corrected chi connectivity index (χ1v) is 13.8. The number of hydrogen-bond donors (Lipinski definition) is 2. The van der Waals surface area contributed by atoms with Gasteiger partial charge in [0.2, 0.25) is 0 Å². The van der Waals surface area contributed by atoms with Crippen molar-refractivity contribution >= 4 is 31.7 Å². The third-order valence-electron chi connectivity index (χ3n) is 6.05. The van der Waals surface area contributed by atoms with Crippen molar-refractivity contribution in [2.24, 2.45) is 0 Å². The zero-order chi connectivity index (χ0) is 28.7. The van der Waals surface area contributed by atoms with Crippen molar-refractivity contribution in [3.05, 3.63) is 114 Å². The van der Waals surface area contributed by atoms with Gasteiger partial charge in [-0.1, -0.05) is 0 Å². The predicted octanol–water partition coefficient (Wildman–Crippen LogP) is 5.77. The molecule has 1 aliphatic heterocycles. The molecule has 1 amide bonds. The van der Waals surface area contributed by atoms with E-state index in [2.05, 4.69) is 27.2 Å². The van der Waals surface area contributed by atoms with E-state index in [0.717, 1.165) is 28.9 Å². The van der Waals surface area contributed by atoms with Crippen LogP contribution in [0.25, 0.3) is 11.1 Å². The summed E-state index contributed by atoms with van der Waals surface area (Å²) in [5.74, 6) is -0.260. The van der Waals surface area contributed by atoms with Gasteiger partial charge in [-0.25, -0.2) is 0 Å². The van der Waals surface area contributed by atoms with Crippen molar-refractivity contribution in [1.29, 1.82) is 0 Å². The summed E-state index contributed by atoms with van der Waals surface area (Å²) in [5.41, 5.74) is 3.31. The number of hydrogen-bond acceptors (Lipinski definition) is 5. The van der Waals surface area contributed by atoms with Crippen LogP contribution in [0, 0.1) is 0 Å². The fourth-order valence-corrected chi connectivity index (χ4v) is 5.29. The number of halogens is 3. The number of carbonyl (C=O) groups is 1. The molecule has 3 aromatic rings. The van der Waals surface area contributed by atoms with E-state index in [9.17, 15) is 18.0 Å². The molecule has 0 fully saturated rings. The average molecular weight is 584 g/mol. The molecule has 2 heterocycles. The molecule has 0 aliphatic carbocycles. The van der Waals surface area contributed by atoms with Crippen molar-refractivity contribution in [3.8, 4) is 0 Å². The second-order valence-corrected chi connectivity index (χ2v) is 10.6. The summed E-state index contributed by atoms with van der Waals surface area (Å²) < 4.78 is 47.2. The number of rotatable bonds is 10. The molecule has 1 atom stereocenters. The SMILES string of the molecule is C=C(c1ccccc1)c1ccccc1NC(=O)C(C)N[C]1=[V]=[C](C/C(=C\C(=C/C)C(F)(F)F)c2cncnc2)O1. The Bertz CT molecular complexity index is 1530. The van der Waals surface area contributed by atoms with Crippen LogP contribution in [0.1, 0.15) is 37.0 Å². The molecular formula is C30H27F3N4O2V. The molecular weight excluding hydrogens is 556 g/mol. The summed E-state index contributed by atoms with van der Waals surface area (Å²) in [6.07, 6.45) is 2.08. The van der Waals surface area contributed by atoms with Crippen LogP contribution in [0.3, 0.4) is 0 Å². The standard InChI is InChI=1S/C30H27F3N4O2.V/c1-4-26(30(31,32)33)16-24(25-17-34-19-35-18-25)14-15-39-20-36-22(3)29(38)37-28-13-9-8-12-27(28)21(2)23-10-6-5-7-11-23;/h4-13,16-19,22,36H,2,14H2,1,3H3,(H,37,38);/b24-16+,26-4+;. The number of amides is 1. The molecule has 40 heavy (non-hydrogen) atoms. The number of allylic oxidation sites excluding steroid dienone is 3. The van der Waals surface area contributed by atoms with E-state index >= 15 is 0 Å². The van der Waals surface area contributed by atoms with Gasteiger partial charge in [-0.3, -0.25) is 0 Å². The van der Waals surface area contributed by atoms with Crippen LogP contribution >= 0.6 is 0 Å². The van der Waals surface area contributed by atoms with Crippen molar-refractivity contribution in [3.63, 3.8) is 0 Å². The third kappa shape index (κ3) is 7.46. The first kappa shape index (κ1) is 29.2. The van der Waals surface area contributed by atoms with Crippen molar-refractivity contribution in [2.75, 3.05) is 5.32 Å². The maximum absolute atomic E-state index is 13.4. The summed E-state index contributed by atoms with van der Waals surface area (Å²) in [6, 6.07) is 16.5. The zero-order valence-corrected chi connectivity index (χ0v) is 23.3. The van der Waals surface area contributed by atoms with Crippen molar-refractivity contribution < 1.29 is 38.1 Å². The summed E-state index contributed by atoms with van der Waals surface area (Å²) >= 11 is -0.602. The summed E-state index contributed by atoms with van der Waals surface area (Å²) in [5, 5.41) is 6.04. The monoisotopic (exact) mass is 583 g/mol. The first-order valence-electron chi connectivity index (χ1n) is 12.4. The fraction of sp³-hybridized carbons (Fsp3) is 0.167. The number of ether oxygens (including phenoxy) is 1. The molecule has 2 N–H and O–H groups in total. The second kappa shape index (κ2) is 13.1. The molecule has 0 radical (unpaired) electrons. The Balaban J connectivity index is 1.46. The van der Waals surface area contributed by atoms with Gasteiger partial charge in [-0.2, -0.15) is 0 Å². The van der Waals surface area contributed by atoms with Crippen LogP contribution in [-0.2, 0) is 24.9 Å². The Morgan fingerprint density at radius 1 is 1.07 bits per heavy atom. The molecule has 1 aromatic heterocycles. The van der Waals surface area contributed by atoms with E-state index < -0.39 is 33.2 Å². The van der Waals surface area contributed by atoms with Crippen LogP contribution < -0.4 is 10.6 Å². The number of alkyl halides is 3. The molecule has 1 unspecified atom stereocenters. The Kier molecular flexibility index (Phi) is 9.55. The number of para-hydroxylation sites is 1. The van der Waals surface area contributed by atoms with Gasteiger partial charge in [0.15, 0.2) is 0 Å². The summed E-state index contributed by atoms with van der Waals surface area (Å²) in [7, 11) is 0. The van der Waals surface area contributed by atoms with Crippen LogP contribution in [0.4, 0.5) is 18.9 Å². The summed E-state index contributed by atoms with van der Waals surface area (Å²) in [4.78, 5) is 20.9. The topological polar surface area (TPSA) is 76.1 Å². The molecule has 1 aliphatic rings. The third-order valence-corrected chi connectivity index (χ3v) is 7.49. The Hall–Kier alpha value is -3.76. The van der Waals surface area contributed by atoms with E-state index in [1.54, 1.807) is 6.92 Å². The van der Waals surface area contributed by atoms with Crippen molar-refractivity contribution in [2.45, 2.75) is 32.5 Å². The normalized spacial score (nSPS) is 14.5. The molecule has 0 saturated carbocycles. The Morgan fingerprint density at radius 3 is 2.38 bits per heavy atom.